The van der Waals surface area contributed by atoms with Gasteiger partial charge in [0.1, 0.15) is 5.69 Å². The number of benzene rings is 2. The first kappa shape index (κ1) is 12.3. The molecule has 20 heavy (non-hydrogen) atoms. The van der Waals surface area contributed by atoms with Gasteiger partial charge in [0.05, 0.1) is 11.2 Å². The number of nitrogens with two attached hydrogens (primary N) is 1. The van der Waals surface area contributed by atoms with E-state index < -0.39 is 0 Å². The molecule has 0 aliphatic carbocycles. The van der Waals surface area contributed by atoms with Crippen LogP contribution in [0.4, 0.5) is 5.69 Å². The fourth-order valence-corrected chi connectivity index (χ4v) is 1.99. The molecule has 98 valence electrons. The summed E-state index contributed by atoms with van der Waals surface area (Å²) >= 11 is 0. The van der Waals surface area contributed by atoms with Crippen molar-refractivity contribution in [2.75, 3.05) is 0 Å². The molecule has 4 nitrogen and oxygen atoms in total. The van der Waals surface area contributed by atoms with Crippen molar-refractivity contribution in [1.82, 2.24) is 10.4 Å². The minimum absolute atomic E-state index is 0.543. The molecule has 0 aliphatic heterocycles. The summed E-state index contributed by atoms with van der Waals surface area (Å²) < 4.78 is 0. The molecule has 0 fully saturated rings. The van der Waals surface area contributed by atoms with E-state index in [1.807, 2.05) is 66.7 Å². The number of amidine groups is 1. The highest BCUT2D eigenvalue weighted by molar-refractivity contribution is 5.99. The van der Waals surface area contributed by atoms with Crippen LogP contribution in [0.1, 0.15) is 5.69 Å². The second kappa shape index (κ2) is 5.50. The van der Waals surface area contributed by atoms with E-state index in [4.69, 9.17) is 5.84 Å². The maximum Gasteiger partial charge on any atom is 0.166 e. The summed E-state index contributed by atoms with van der Waals surface area (Å²) in [6.07, 6.45) is 0. The average Bonchev–Trinajstić information content (AvgIpc) is 2.53. The molecule has 0 amide bonds. The maximum absolute atomic E-state index is 5.58. The van der Waals surface area contributed by atoms with E-state index >= 15 is 0 Å². The Morgan fingerprint density at radius 3 is 2.45 bits per heavy atom. The van der Waals surface area contributed by atoms with Crippen LogP contribution in [0.3, 0.4) is 0 Å². The van der Waals surface area contributed by atoms with Gasteiger partial charge in [0.25, 0.3) is 0 Å². The maximum atomic E-state index is 5.58. The molecule has 3 N–H and O–H groups in total. The number of para-hydroxylation sites is 2. The zero-order valence-electron chi connectivity index (χ0n) is 10.8. The lowest BCUT2D eigenvalue weighted by molar-refractivity contribution is 1.01. The summed E-state index contributed by atoms with van der Waals surface area (Å²) in [5.41, 5.74) is 5.08. The van der Waals surface area contributed by atoms with Gasteiger partial charge in [-0.15, -0.1) is 0 Å². The van der Waals surface area contributed by atoms with Crippen LogP contribution >= 0.6 is 0 Å². The fraction of sp³-hybridized carbons (Fsp3) is 0. The molecular weight excluding hydrogens is 248 g/mol. The lowest BCUT2D eigenvalue weighted by atomic mass is 10.2. The zero-order valence-corrected chi connectivity index (χ0v) is 10.8. The normalized spacial score (nSPS) is 11.6. The predicted octanol–water partition coefficient (Wildman–Crippen LogP) is 2.78. The molecule has 3 rings (SSSR count). The molecule has 4 heteroatoms. The summed E-state index contributed by atoms with van der Waals surface area (Å²) in [5.74, 6) is 6.12. The van der Waals surface area contributed by atoms with E-state index in [1.54, 1.807) is 0 Å². The quantitative estimate of drug-likeness (QED) is 0.323. The molecule has 0 radical (unpaired) electrons. The van der Waals surface area contributed by atoms with E-state index in [1.165, 1.54) is 0 Å². The van der Waals surface area contributed by atoms with Crippen molar-refractivity contribution in [3.63, 3.8) is 0 Å². The molecule has 1 heterocycles. The first-order valence-electron chi connectivity index (χ1n) is 6.33. The largest absolute Gasteiger partial charge is 0.307 e. The average molecular weight is 262 g/mol. The van der Waals surface area contributed by atoms with Crippen LogP contribution in [0, 0.1) is 0 Å². The van der Waals surface area contributed by atoms with Crippen molar-refractivity contribution in [1.29, 1.82) is 0 Å². The Morgan fingerprint density at radius 2 is 1.65 bits per heavy atom. The highest BCUT2D eigenvalue weighted by Crippen LogP contribution is 2.14. The molecular formula is C16H14N4. The highest BCUT2D eigenvalue weighted by atomic mass is 15.3. The first-order chi connectivity index (χ1) is 9.86. The van der Waals surface area contributed by atoms with Crippen LogP contribution in [0.25, 0.3) is 10.9 Å². The Morgan fingerprint density at radius 1 is 0.900 bits per heavy atom. The van der Waals surface area contributed by atoms with Gasteiger partial charge < -0.3 is 5.43 Å². The summed E-state index contributed by atoms with van der Waals surface area (Å²) in [6.45, 7) is 0. The third kappa shape index (κ3) is 2.50. The van der Waals surface area contributed by atoms with Gasteiger partial charge in [0.15, 0.2) is 5.84 Å². The van der Waals surface area contributed by atoms with Crippen molar-refractivity contribution in [3.8, 4) is 0 Å². The number of hydrogen-bond acceptors (Lipinski definition) is 3. The van der Waals surface area contributed by atoms with Crippen LogP contribution in [0.15, 0.2) is 71.7 Å². The van der Waals surface area contributed by atoms with Gasteiger partial charge >= 0.3 is 0 Å². The van der Waals surface area contributed by atoms with Gasteiger partial charge in [-0.25, -0.2) is 15.8 Å². The van der Waals surface area contributed by atoms with E-state index in [9.17, 15) is 0 Å². The molecule has 2 aromatic carbocycles. The van der Waals surface area contributed by atoms with E-state index in [2.05, 4.69) is 15.4 Å². The molecule has 0 saturated carbocycles. The molecule has 0 bridgehead atoms. The molecule has 0 atom stereocenters. The Bertz CT molecular complexity index is 751. The number of hydrogen-bond donors (Lipinski definition) is 2. The van der Waals surface area contributed by atoms with Gasteiger partial charge in [-0.05, 0) is 24.3 Å². The molecule has 0 spiro atoms. The summed E-state index contributed by atoms with van der Waals surface area (Å²) in [7, 11) is 0. The van der Waals surface area contributed by atoms with Crippen molar-refractivity contribution in [2.24, 2.45) is 10.8 Å². The number of nitrogens with one attached hydrogen (secondary N) is 1. The number of fused-ring (bicyclic) bond motifs is 1. The lowest BCUT2D eigenvalue weighted by Gasteiger charge is -2.06. The first-order valence-corrected chi connectivity index (χ1v) is 6.33. The van der Waals surface area contributed by atoms with Crippen molar-refractivity contribution >= 4 is 22.4 Å². The standard InChI is InChI=1S/C16H14N4/c17-20-16(18-13-7-2-1-3-8-13)15-11-10-12-6-4-5-9-14(12)19-15/h1-11H,17H2,(H,18,20). The number of pyridine rings is 1. The van der Waals surface area contributed by atoms with Gasteiger partial charge in [-0.3, -0.25) is 0 Å². The summed E-state index contributed by atoms with van der Waals surface area (Å²) in [6, 6.07) is 21.5. The third-order valence-corrected chi connectivity index (χ3v) is 2.97. The monoisotopic (exact) mass is 262 g/mol. The Kier molecular flexibility index (Phi) is 3.39. The molecule has 1 aromatic heterocycles. The minimum Gasteiger partial charge on any atom is -0.307 e. The SMILES string of the molecule is NNC(=Nc1ccccc1)c1ccc2ccccc2n1. The number of rotatable bonds is 2. The van der Waals surface area contributed by atoms with Crippen molar-refractivity contribution in [3.05, 3.63) is 72.4 Å². The van der Waals surface area contributed by atoms with E-state index in [0.717, 1.165) is 22.3 Å². The van der Waals surface area contributed by atoms with Gasteiger partial charge in [0, 0.05) is 5.39 Å². The molecule has 0 unspecified atom stereocenters. The second-order valence-electron chi connectivity index (χ2n) is 4.33. The van der Waals surface area contributed by atoms with E-state index in [-0.39, 0.29) is 0 Å². The molecule has 0 saturated heterocycles. The second-order valence-corrected chi connectivity index (χ2v) is 4.33. The minimum atomic E-state index is 0.543. The van der Waals surface area contributed by atoms with Gasteiger partial charge in [-0.1, -0.05) is 42.5 Å². The van der Waals surface area contributed by atoms with Crippen LogP contribution in [0.2, 0.25) is 0 Å². The number of aromatic nitrogens is 1. The van der Waals surface area contributed by atoms with Gasteiger partial charge in [0.2, 0.25) is 0 Å². The molecule has 3 aromatic rings. The zero-order chi connectivity index (χ0) is 13.8. The molecule has 0 aliphatic rings. The van der Waals surface area contributed by atoms with Crippen LogP contribution in [-0.4, -0.2) is 10.8 Å². The Balaban J connectivity index is 2.05. The van der Waals surface area contributed by atoms with Crippen molar-refractivity contribution < 1.29 is 0 Å². The smallest absolute Gasteiger partial charge is 0.166 e. The third-order valence-electron chi connectivity index (χ3n) is 2.97. The fourth-order valence-electron chi connectivity index (χ4n) is 1.99. The summed E-state index contributed by atoms with van der Waals surface area (Å²) in [4.78, 5) is 9.04. The predicted molar refractivity (Wildman–Crippen MR) is 81.7 cm³/mol. The van der Waals surface area contributed by atoms with Crippen molar-refractivity contribution in [2.45, 2.75) is 0 Å². The number of hydrazine groups is 1. The highest BCUT2D eigenvalue weighted by Gasteiger charge is 2.05. The number of nitrogens with zero attached hydrogens (tertiary/aromatic N) is 2. The van der Waals surface area contributed by atoms with Crippen LogP contribution < -0.4 is 11.3 Å². The van der Waals surface area contributed by atoms with Crippen LogP contribution in [-0.2, 0) is 0 Å². The summed E-state index contributed by atoms with van der Waals surface area (Å²) in [5, 5.41) is 1.09. The van der Waals surface area contributed by atoms with E-state index in [0.29, 0.717) is 5.84 Å². The Labute approximate surface area is 117 Å². The topological polar surface area (TPSA) is 63.3 Å². The lowest BCUT2D eigenvalue weighted by Crippen LogP contribution is -2.31. The van der Waals surface area contributed by atoms with Crippen LogP contribution in [0.5, 0.6) is 0 Å². The Hall–Kier alpha value is -2.72. The number of aliphatic imine (C=N–C) groups is 1. The van der Waals surface area contributed by atoms with Gasteiger partial charge in [-0.2, -0.15) is 0 Å².